The van der Waals surface area contributed by atoms with Crippen LogP contribution in [0.2, 0.25) is 0 Å². The number of benzene rings is 4. The molecule has 1 aliphatic heterocycles. The largest absolute Gasteiger partial charge is 0.489 e. The van der Waals surface area contributed by atoms with Crippen LogP contribution in [0.15, 0.2) is 96.6 Å². The van der Waals surface area contributed by atoms with Crippen molar-refractivity contribution in [1.29, 1.82) is 0 Å². The van der Waals surface area contributed by atoms with Crippen molar-refractivity contribution in [2.24, 2.45) is 0 Å². The maximum atomic E-state index is 13.2. The third-order valence-electron chi connectivity index (χ3n) is 6.11. The first kappa shape index (κ1) is 23.5. The maximum absolute atomic E-state index is 13.2. The summed E-state index contributed by atoms with van der Waals surface area (Å²) >= 11 is 5.28. The third kappa shape index (κ3) is 4.90. The van der Waals surface area contributed by atoms with Crippen molar-refractivity contribution in [2.75, 3.05) is 4.90 Å². The first-order chi connectivity index (χ1) is 17.5. The Bertz CT molecular complexity index is 1490. The number of hydrogen-bond acceptors (Lipinski definition) is 4. The Morgan fingerprint density at radius 3 is 2.28 bits per heavy atom. The standard InChI is InChI=1S/C30H24N2O3S/c1-2-20-8-13-25(14-9-20)32-29(34)27(28(33)31-30(32)36)18-21-10-15-26(16-11-21)35-19-22-7-12-23-5-3-4-6-24(23)17-22/h3-18H,2,19H2,1H3,(H,31,33,36). The van der Waals surface area contributed by atoms with Gasteiger partial charge in [-0.1, -0.05) is 67.6 Å². The van der Waals surface area contributed by atoms with E-state index in [1.54, 1.807) is 6.08 Å². The summed E-state index contributed by atoms with van der Waals surface area (Å²) in [6, 6.07) is 29.3. The minimum Gasteiger partial charge on any atom is -0.489 e. The molecule has 4 aromatic carbocycles. The first-order valence-electron chi connectivity index (χ1n) is 11.7. The minimum atomic E-state index is -0.511. The van der Waals surface area contributed by atoms with Gasteiger partial charge in [0.2, 0.25) is 0 Å². The number of carbonyl (C=O) groups is 2. The summed E-state index contributed by atoms with van der Waals surface area (Å²) in [5.41, 5.74) is 3.57. The lowest BCUT2D eigenvalue weighted by Gasteiger charge is -2.29. The lowest BCUT2D eigenvalue weighted by atomic mass is 10.1. The van der Waals surface area contributed by atoms with Crippen LogP contribution in [-0.2, 0) is 22.6 Å². The molecule has 5 rings (SSSR count). The fourth-order valence-corrected chi connectivity index (χ4v) is 4.38. The fourth-order valence-electron chi connectivity index (χ4n) is 4.09. The van der Waals surface area contributed by atoms with Crippen molar-refractivity contribution in [3.8, 4) is 5.75 Å². The minimum absolute atomic E-state index is 0.0213. The number of nitrogens with zero attached hydrogens (tertiary/aromatic N) is 1. The second-order valence-electron chi connectivity index (χ2n) is 8.52. The highest BCUT2D eigenvalue weighted by Gasteiger charge is 2.34. The number of ether oxygens (including phenoxy) is 1. The molecule has 36 heavy (non-hydrogen) atoms. The van der Waals surface area contributed by atoms with Gasteiger partial charge in [0, 0.05) is 0 Å². The lowest BCUT2D eigenvalue weighted by Crippen LogP contribution is -2.54. The molecule has 1 fully saturated rings. The number of thiocarbonyl (C=S) groups is 1. The number of carbonyl (C=O) groups excluding carboxylic acids is 2. The zero-order valence-electron chi connectivity index (χ0n) is 19.7. The van der Waals surface area contributed by atoms with Gasteiger partial charge in [-0.2, -0.15) is 0 Å². The predicted molar refractivity (Wildman–Crippen MR) is 147 cm³/mol. The van der Waals surface area contributed by atoms with Crippen LogP contribution in [0.5, 0.6) is 5.75 Å². The van der Waals surface area contributed by atoms with E-state index in [4.69, 9.17) is 17.0 Å². The topological polar surface area (TPSA) is 58.6 Å². The summed E-state index contributed by atoms with van der Waals surface area (Å²) in [6.45, 7) is 2.50. The van der Waals surface area contributed by atoms with E-state index in [0.717, 1.165) is 17.5 Å². The molecular formula is C30H24N2O3S. The second kappa shape index (κ2) is 10.1. The SMILES string of the molecule is CCc1ccc(N2C(=O)C(=Cc3ccc(OCc4ccc5ccccc5c4)cc3)C(=O)NC2=S)cc1. The molecule has 0 aliphatic carbocycles. The molecule has 1 aliphatic rings. The van der Waals surface area contributed by atoms with Gasteiger partial charge in [0.25, 0.3) is 11.8 Å². The van der Waals surface area contributed by atoms with Gasteiger partial charge < -0.3 is 4.74 Å². The molecule has 0 saturated carbocycles. The molecule has 6 heteroatoms. The molecule has 2 amide bonds. The number of aryl methyl sites for hydroxylation is 1. The van der Waals surface area contributed by atoms with E-state index in [1.807, 2.05) is 60.7 Å². The molecule has 0 bridgehead atoms. The molecule has 1 N–H and O–H groups in total. The number of fused-ring (bicyclic) bond motifs is 1. The van der Waals surface area contributed by atoms with Crippen LogP contribution >= 0.6 is 12.2 Å². The molecule has 0 aromatic heterocycles. The first-order valence-corrected chi connectivity index (χ1v) is 12.1. The van der Waals surface area contributed by atoms with Crippen LogP contribution in [0, 0.1) is 0 Å². The highest BCUT2D eigenvalue weighted by molar-refractivity contribution is 7.80. The van der Waals surface area contributed by atoms with Gasteiger partial charge in [0.15, 0.2) is 5.11 Å². The van der Waals surface area contributed by atoms with Crippen LogP contribution in [-0.4, -0.2) is 16.9 Å². The van der Waals surface area contributed by atoms with Gasteiger partial charge in [-0.05, 0) is 82.5 Å². The Kier molecular flexibility index (Phi) is 6.60. The molecule has 178 valence electrons. The molecule has 4 aromatic rings. The summed E-state index contributed by atoms with van der Waals surface area (Å²) in [7, 11) is 0. The van der Waals surface area contributed by atoms with Gasteiger partial charge in [-0.25, -0.2) is 0 Å². The van der Waals surface area contributed by atoms with E-state index in [2.05, 4.69) is 42.6 Å². The quantitative estimate of drug-likeness (QED) is 0.210. The third-order valence-corrected chi connectivity index (χ3v) is 6.40. The summed E-state index contributed by atoms with van der Waals surface area (Å²) in [5, 5.41) is 5.06. The zero-order valence-corrected chi connectivity index (χ0v) is 20.5. The fraction of sp³-hybridized carbons (Fsp3) is 0.100. The highest BCUT2D eigenvalue weighted by atomic mass is 32.1. The van der Waals surface area contributed by atoms with Crippen LogP contribution < -0.4 is 15.0 Å². The van der Waals surface area contributed by atoms with Crippen LogP contribution in [0.3, 0.4) is 0 Å². The van der Waals surface area contributed by atoms with Crippen molar-refractivity contribution in [3.63, 3.8) is 0 Å². The van der Waals surface area contributed by atoms with Gasteiger partial charge in [0.1, 0.15) is 17.9 Å². The second-order valence-corrected chi connectivity index (χ2v) is 8.90. The maximum Gasteiger partial charge on any atom is 0.270 e. The molecule has 0 spiro atoms. The van der Waals surface area contributed by atoms with Gasteiger partial charge in [0.05, 0.1) is 5.69 Å². The van der Waals surface area contributed by atoms with E-state index in [-0.39, 0.29) is 10.7 Å². The van der Waals surface area contributed by atoms with E-state index in [1.165, 1.54) is 15.7 Å². The normalized spacial score (nSPS) is 14.9. The van der Waals surface area contributed by atoms with Crippen molar-refractivity contribution >= 4 is 51.7 Å². The van der Waals surface area contributed by atoms with E-state index >= 15 is 0 Å². The molecule has 0 atom stereocenters. The molecule has 0 radical (unpaired) electrons. The van der Waals surface area contributed by atoms with Crippen molar-refractivity contribution < 1.29 is 14.3 Å². The Labute approximate surface area is 215 Å². The Hall–Kier alpha value is -4.29. The summed E-state index contributed by atoms with van der Waals surface area (Å²) in [4.78, 5) is 27.1. The summed E-state index contributed by atoms with van der Waals surface area (Å²) in [6.07, 6.45) is 2.46. The average Bonchev–Trinajstić information content (AvgIpc) is 2.90. The molecule has 1 saturated heterocycles. The molecular weight excluding hydrogens is 468 g/mol. The van der Waals surface area contributed by atoms with Crippen LogP contribution in [0.1, 0.15) is 23.6 Å². The van der Waals surface area contributed by atoms with Crippen molar-refractivity contribution in [1.82, 2.24) is 5.32 Å². The smallest absolute Gasteiger partial charge is 0.270 e. The van der Waals surface area contributed by atoms with E-state index < -0.39 is 11.8 Å². The predicted octanol–water partition coefficient (Wildman–Crippen LogP) is 5.81. The number of hydrogen-bond donors (Lipinski definition) is 1. The summed E-state index contributed by atoms with van der Waals surface area (Å²) < 4.78 is 5.94. The zero-order chi connectivity index (χ0) is 25.1. The number of amides is 2. The molecule has 0 unspecified atom stereocenters. The monoisotopic (exact) mass is 492 g/mol. The molecule has 1 heterocycles. The van der Waals surface area contributed by atoms with Crippen LogP contribution in [0.4, 0.5) is 5.69 Å². The van der Waals surface area contributed by atoms with Gasteiger partial charge in [-0.3, -0.25) is 19.8 Å². The van der Waals surface area contributed by atoms with Crippen LogP contribution in [0.25, 0.3) is 16.8 Å². The van der Waals surface area contributed by atoms with E-state index in [0.29, 0.717) is 23.6 Å². The number of anilines is 1. The Balaban J connectivity index is 1.30. The van der Waals surface area contributed by atoms with Crippen molar-refractivity contribution in [2.45, 2.75) is 20.0 Å². The summed E-state index contributed by atoms with van der Waals surface area (Å²) in [5.74, 6) is -0.267. The molecule has 5 nitrogen and oxygen atoms in total. The van der Waals surface area contributed by atoms with Gasteiger partial charge >= 0.3 is 0 Å². The lowest BCUT2D eigenvalue weighted by molar-refractivity contribution is -0.122. The average molecular weight is 493 g/mol. The highest BCUT2D eigenvalue weighted by Crippen LogP contribution is 2.24. The Morgan fingerprint density at radius 2 is 1.56 bits per heavy atom. The number of nitrogens with one attached hydrogen (secondary N) is 1. The Morgan fingerprint density at radius 1 is 0.861 bits per heavy atom. The van der Waals surface area contributed by atoms with Crippen molar-refractivity contribution in [3.05, 3.63) is 113 Å². The van der Waals surface area contributed by atoms with E-state index in [9.17, 15) is 9.59 Å². The van der Waals surface area contributed by atoms with Gasteiger partial charge in [-0.15, -0.1) is 0 Å². The number of rotatable bonds is 6.